The Morgan fingerprint density at radius 2 is 1.89 bits per heavy atom. The topological polar surface area (TPSA) is 35.6 Å². The van der Waals surface area contributed by atoms with Crippen LogP contribution in [0.1, 0.15) is 45.4 Å². The Morgan fingerprint density at radius 1 is 1.11 bits per heavy atom. The molecule has 2 fully saturated rings. The zero-order valence-corrected chi connectivity index (χ0v) is 12.4. The van der Waals surface area contributed by atoms with E-state index < -0.39 is 0 Å². The number of nitrogens with one attached hydrogen (secondary N) is 1. The molecule has 0 aromatic heterocycles. The minimum atomic E-state index is 0.298. The van der Waals surface area contributed by atoms with Crippen LogP contribution in [0, 0.1) is 0 Å². The van der Waals surface area contributed by atoms with Crippen molar-refractivity contribution in [1.82, 2.24) is 15.1 Å². The highest BCUT2D eigenvalue weighted by Gasteiger charge is 2.20. The average Bonchev–Trinajstić information content (AvgIpc) is 2.86. The van der Waals surface area contributed by atoms with E-state index in [1.807, 2.05) is 4.90 Å². The molecule has 1 atom stereocenters. The first-order valence-corrected chi connectivity index (χ1v) is 8.03. The third-order valence-electron chi connectivity index (χ3n) is 4.36. The Kier molecular flexibility index (Phi) is 6.11. The summed E-state index contributed by atoms with van der Waals surface area (Å²) >= 11 is 0. The number of hydrogen-bond acceptors (Lipinski definition) is 3. The maximum atomic E-state index is 12.0. The fraction of sp³-hybridized carbons (Fsp3) is 0.933. The summed E-state index contributed by atoms with van der Waals surface area (Å²) in [5.74, 6) is 0.298. The molecule has 4 nitrogen and oxygen atoms in total. The lowest BCUT2D eigenvalue weighted by atomic mass is 10.1. The maximum absolute atomic E-state index is 12.0. The van der Waals surface area contributed by atoms with Crippen LogP contribution in [0.2, 0.25) is 0 Å². The van der Waals surface area contributed by atoms with Gasteiger partial charge in [-0.15, -0.1) is 0 Å². The monoisotopic (exact) mass is 267 g/mol. The van der Waals surface area contributed by atoms with Crippen molar-refractivity contribution in [2.75, 3.05) is 39.3 Å². The summed E-state index contributed by atoms with van der Waals surface area (Å²) in [4.78, 5) is 16.6. The molecule has 19 heavy (non-hydrogen) atoms. The van der Waals surface area contributed by atoms with Gasteiger partial charge in [-0.3, -0.25) is 4.79 Å². The first kappa shape index (κ1) is 14.8. The molecule has 0 saturated carbocycles. The van der Waals surface area contributed by atoms with Crippen molar-refractivity contribution in [2.24, 2.45) is 0 Å². The minimum absolute atomic E-state index is 0.298. The molecule has 0 aromatic carbocycles. The van der Waals surface area contributed by atoms with Gasteiger partial charge in [0.25, 0.3) is 0 Å². The van der Waals surface area contributed by atoms with E-state index in [2.05, 4.69) is 17.1 Å². The number of amides is 1. The van der Waals surface area contributed by atoms with Crippen LogP contribution < -0.4 is 5.32 Å². The number of nitrogens with zero attached hydrogens (tertiary/aromatic N) is 2. The van der Waals surface area contributed by atoms with Crippen LogP contribution in [-0.4, -0.2) is 61.0 Å². The van der Waals surface area contributed by atoms with Crippen LogP contribution in [0.15, 0.2) is 0 Å². The highest BCUT2D eigenvalue weighted by molar-refractivity contribution is 5.78. The van der Waals surface area contributed by atoms with Gasteiger partial charge in [0.2, 0.25) is 5.91 Å². The lowest BCUT2D eigenvalue weighted by Gasteiger charge is -2.21. The van der Waals surface area contributed by atoms with Crippen molar-refractivity contribution in [2.45, 2.75) is 51.5 Å². The molecule has 0 spiro atoms. The summed E-state index contributed by atoms with van der Waals surface area (Å²) in [5, 5.41) is 3.48. The van der Waals surface area contributed by atoms with Gasteiger partial charge in [-0.1, -0.05) is 6.92 Å². The second-order valence-corrected chi connectivity index (χ2v) is 5.94. The summed E-state index contributed by atoms with van der Waals surface area (Å²) in [5.41, 5.74) is 0. The van der Waals surface area contributed by atoms with Gasteiger partial charge in [0.05, 0.1) is 6.54 Å². The second kappa shape index (κ2) is 7.85. The molecule has 0 aromatic rings. The molecule has 0 bridgehead atoms. The standard InChI is InChI=1S/C15H29N3O/c1-2-8-17-9-5-6-14(7-12-17)16-13-15(19)18-10-3-4-11-18/h14,16H,2-13H2,1H3. The third kappa shape index (κ3) is 4.77. The molecule has 2 aliphatic heterocycles. The fourth-order valence-electron chi connectivity index (χ4n) is 3.21. The quantitative estimate of drug-likeness (QED) is 0.819. The largest absolute Gasteiger partial charge is 0.342 e. The molecule has 4 heteroatoms. The summed E-state index contributed by atoms with van der Waals surface area (Å²) in [6.45, 7) is 8.35. The van der Waals surface area contributed by atoms with Crippen molar-refractivity contribution in [3.8, 4) is 0 Å². The summed E-state index contributed by atoms with van der Waals surface area (Å²) < 4.78 is 0. The molecule has 1 N–H and O–H groups in total. The Hall–Kier alpha value is -0.610. The van der Waals surface area contributed by atoms with Gasteiger partial charge < -0.3 is 15.1 Å². The van der Waals surface area contributed by atoms with Crippen molar-refractivity contribution in [3.05, 3.63) is 0 Å². The van der Waals surface area contributed by atoms with Crippen molar-refractivity contribution >= 4 is 5.91 Å². The molecule has 2 aliphatic rings. The molecular weight excluding hydrogens is 238 g/mol. The average molecular weight is 267 g/mol. The minimum Gasteiger partial charge on any atom is -0.342 e. The van der Waals surface area contributed by atoms with E-state index in [-0.39, 0.29) is 0 Å². The highest BCUT2D eigenvalue weighted by atomic mass is 16.2. The summed E-state index contributed by atoms with van der Waals surface area (Å²) in [7, 11) is 0. The number of carbonyl (C=O) groups is 1. The predicted octanol–water partition coefficient (Wildman–Crippen LogP) is 1.46. The number of carbonyl (C=O) groups excluding carboxylic acids is 1. The fourth-order valence-corrected chi connectivity index (χ4v) is 3.21. The zero-order valence-electron chi connectivity index (χ0n) is 12.4. The van der Waals surface area contributed by atoms with E-state index >= 15 is 0 Å². The van der Waals surface area contributed by atoms with Gasteiger partial charge in [0.1, 0.15) is 0 Å². The molecule has 110 valence electrons. The van der Waals surface area contributed by atoms with Gasteiger partial charge in [-0.05, 0) is 58.2 Å². The molecule has 0 radical (unpaired) electrons. The lowest BCUT2D eigenvalue weighted by Crippen LogP contribution is -2.40. The van der Waals surface area contributed by atoms with Gasteiger partial charge in [0.15, 0.2) is 0 Å². The smallest absolute Gasteiger partial charge is 0.236 e. The van der Waals surface area contributed by atoms with E-state index in [4.69, 9.17) is 0 Å². The van der Waals surface area contributed by atoms with E-state index in [1.165, 1.54) is 58.2 Å². The summed E-state index contributed by atoms with van der Waals surface area (Å²) in [6.07, 6.45) is 7.27. The van der Waals surface area contributed by atoms with Crippen LogP contribution in [0.25, 0.3) is 0 Å². The van der Waals surface area contributed by atoms with Crippen LogP contribution in [0.4, 0.5) is 0 Å². The second-order valence-electron chi connectivity index (χ2n) is 5.94. The van der Waals surface area contributed by atoms with Crippen molar-refractivity contribution in [1.29, 1.82) is 0 Å². The Morgan fingerprint density at radius 3 is 2.63 bits per heavy atom. The molecule has 1 amide bonds. The first-order chi connectivity index (χ1) is 9.29. The van der Waals surface area contributed by atoms with Gasteiger partial charge >= 0.3 is 0 Å². The van der Waals surface area contributed by atoms with Gasteiger partial charge in [-0.25, -0.2) is 0 Å². The van der Waals surface area contributed by atoms with Gasteiger partial charge in [0, 0.05) is 19.1 Å². The van der Waals surface area contributed by atoms with Crippen LogP contribution in [-0.2, 0) is 4.79 Å². The van der Waals surface area contributed by atoms with E-state index in [9.17, 15) is 4.79 Å². The third-order valence-corrected chi connectivity index (χ3v) is 4.36. The van der Waals surface area contributed by atoms with Crippen LogP contribution in [0.3, 0.4) is 0 Å². The summed E-state index contributed by atoms with van der Waals surface area (Å²) in [6, 6.07) is 0.536. The van der Waals surface area contributed by atoms with E-state index in [0.29, 0.717) is 18.5 Å². The van der Waals surface area contributed by atoms with Crippen LogP contribution in [0.5, 0.6) is 0 Å². The molecular formula is C15H29N3O. The molecule has 0 aliphatic carbocycles. The van der Waals surface area contributed by atoms with Crippen molar-refractivity contribution < 1.29 is 4.79 Å². The van der Waals surface area contributed by atoms with Gasteiger partial charge in [-0.2, -0.15) is 0 Å². The number of rotatable bonds is 5. The SMILES string of the molecule is CCCN1CCCC(NCC(=O)N2CCCC2)CC1. The van der Waals surface area contributed by atoms with E-state index in [1.54, 1.807) is 0 Å². The number of hydrogen-bond donors (Lipinski definition) is 1. The number of likely N-dealkylation sites (tertiary alicyclic amines) is 2. The van der Waals surface area contributed by atoms with Crippen molar-refractivity contribution in [3.63, 3.8) is 0 Å². The Balaban J connectivity index is 1.66. The normalized spacial score (nSPS) is 25.5. The lowest BCUT2D eigenvalue weighted by molar-refractivity contribution is -0.129. The molecule has 2 saturated heterocycles. The first-order valence-electron chi connectivity index (χ1n) is 8.03. The van der Waals surface area contributed by atoms with E-state index in [0.717, 1.165) is 13.1 Å². The predicted molar refractivity (Wildman–Crippen MR) is 78.2 cm³/mol. The Labute approximate surface area is 117 Å². The molecule has 1 unspecified atom stereocenters. The molecule has 2 rings (SSSR count). The molecule has 2 heterocycles. The zero-order chi connectivity index (χ0) is 13.5. The maximum Gasteiger partial charge on any atom is 0.236 e. The highest BCUT2D eigenvalue weighted by Crippen LogP contribution is 2.12. The Bertz CT molecular complexity index is 277. The van der Waals surface area contributed by atoms with Crippen LogP contribution >= 0.6 is 0 Å².